The van der Waals surface area contributed by atoms with Gasteiger partial charge < -0.3 is 14.2 Å². The van der Waals surface area contributed by atoms with Crippen molar-refractivity contribution in [2.45, 2.75) is 77.1 Å². The van der Waals surface area contributed by atoms with E-state index in [1.165, 1.54) is 32.9 Å². The lowest BCUT2D eigenvalue weighted by Crippen LogP contribution is -2.30. The second-order valence-corrected chi connectivity index (χ2v) is 11.2. The number of aromatic nitrogens is 2. The van der Waals surface area contributed by atoms with Crippen LogP contribution in [0.4, 0.5) is 13.2 Å². The Kier molecular flexibility index (Phi) is 7.74. The Labute approximate surface area is 222 Å². The third-order valence-corrected chi connectivity index (χ3v) is 7.06. The van der Waals surface area contributed by atoms with Crippen molar-refractivity contribution in [3.05, 3.63) is 57.7 Å². The molecule has 38 heavy (non-hydrogen) atoms. The average molecular weight is 553 g/mol. The van der Waals surface area contributed by atoms with Crippen molar-refractivity contribution < 1.29 is 36.9 Å². The first kappa shape index (κ1) is 27.9. The van der Waals surface area contributed by atoms with Gasteiger partial charge in [-0.3, -0.25) is 9.59 Å². The number of Topliss-reactive ketones (excluding diaryl/α,β-unsaturated/α-hetero) is 1. The summed E-state index contributed by atoms with van der Waals surface area (Å²) >= 11 is 6.07. The minimum absolute atomic E-state index is 0.0171. The molecule has 1 fully saturated rings. The van der Waals surface area contributed by atoms with E-state index < -0.39 is 34.8 Å². The molecule has 1 N–H and O–H groups in total. The predicted molar refractivity (Wildman–Crippen MR) is 132 cm³/mol. The van der Waals surface area contributed by atoms with Crippen molar-refractivity contribution in [1.29, 1.82) is 0 Å². The largest absolute Gasteiger partial charge is 0.481 e. The molecule has 0 bridgehead atoms. The molecule has 204 valence electrons. The molecule has 1 aliphatic rings. The van der Waals surface area contributed by atoms with Crippen LogP contribution in [0.3, 0.4) is 0 Å². The topological polar surface area (TPSA) is 106 Å². The number of halogens is 4. The summed E-state index contributed by atoms with van der Waals surface area (Å²) in [6, 6.07) is 4.90. The fourth-order valence-corrected chi connectivity index (χ4v) is 4.55. The van der Waals surface area contributed by atoms with E-state index in [4.69, 9.17) is 20.6 Å². The lowest BCUT2D eigenvalue weighted by Gasteiger charge is -2.27. The molecule has 1 unspecified atom stereocenters. The Morgan fingerprint density at radius 2 is 1.87 bits per heavy atom. The SMILES string of the molecule is CC(C)(C)C(F)(F)c1cc(-c2onc(C(CCC(=O)O)CC(=O)Cc3ccc(F)cc3Cl)c2C2CC2)no1. The van der Waals surface area contributed by atoms with E-state index in [9.17, 15) is 27.9 Å². The summed E-state index contributed by atoms with van der Waals surface area (Å²) in [4.78, 5) is 24.3. The number of nitrogens with zero attached hydrogens (tertiary/aromatic N) is 2. The Hall–Kier alpha value is -3.14. The van der Waals surface area contributed by atoms with E-state index in [-0.39, 0.29) is 53.9 Å². The fraction of sp³-hybridized carbons (Fsp3) is 0.481. The molecule has 1 atom stereocenters. The average Bonchev–Trinajstić information content (AvgIpc) is 3.35. The van der Waals surface area contributed by atoms with Crippen LogP contribution in [0.1, 0.15) is 87.3 Å². The van der Waals surface area contributed by atoms with Gasteiger partial charge >= 0.3 is 11.9 Å². The molecule has 1 saturated carbocycles. The molecule has 2 heterocycles. The Balaban J connectivity index is 1.64. The first-order chi connectivity index (χ1) is 17.8. The number of benzene rings is 1. The van der Waals surface area contributed by atoms with Crippen molar-refractivity contribution in [3.8, 4) is 11.5 Å². The molecule has 0 saturated heterocycles. The number of carboxylic acids is 1. The Morgan fingerprint density at radius 1 is 1.16 bits per heavy atom. The van der Waals surface area contributed by atoms with E-state index in [0.717, 1.165) is 25.0 Å². The molecule has 7 nitrogen and oxygen atoms in total. The smallest absolute Gasteiger partial charge is 0.312 e. The molecular formula is C27H28ClF3N2O5. The molecule has 0 spiro atoms. The molecule has 11 heteroatoms. The number of carboxylic acid groups (broad SMARTS) is 1. The summed E-state index contributed by atoms with van der Waals surface area (Å²) in [5.41, 5.74) is 0.145. The van der Waals surface area contributed by atoms with E-state index in [1.54, 1.807) is 0 Å². The van der Waals surface area contributed by atoms with Gasteiger partial charge in [-0.05, 0) is 42.9 Å². The van der Waals surface area contributed by atoms with Gasteiger partial charge in [0.1, 0.15) is 11.6 Å². The lowest BCUT2D eigenvalue weighted by molar-refractivity contribution is -0.137. The normalized spacial score (nSPS) is 15.0. The van der Waals surface area contributed by atoms with Crippen LogP contribution in [0, 0.1) is 11.2 Å². The number of carbonyl (C=O) groups is 2. The van der Waals surface area contributed by atoms with Gasteiger partial charge in [0.15, 0.2) is 11.5 Å². The molecule has 1 aromatic carbocycles. The molecule has 0 radical (unpaired) electrons. The third kappa shape index (κ3) is 5.95. The minimum Gasteiger partial charge on any atom is -0.481 e. The zero-order valence-corrected chi connectivity index (χ0v) is 21.9. The molecule has 0 aliphatic heterocycles. The van der Waals surface area contributed by atoms with Gasteiger partial charge in [-0.2, -0.15) is 8.78 Å². The van der Waals surface area contributed by atoms with Gasteiger partial charge in [0.2, 0.25) is 5.76 Å². The molecule has 3 aromatic rings. The number of hydrogen-bond donors (Lipinski definition) is 1. The van der Waals surface area contributed by atoms with Crippen molar-refractivity contribution in [3.63, 3.8) is 0 Å². The summed E-state index contributed by atoms with van der Waals surface area (Å²) in [6.45, 7) is 4.17. The summed E-state index contributed by atoms with van der Waals surface area (Å²) in [6.07, 6.45) is 1.37. The minimum atomic E-state index is -3.29. The molecule has 4 rings (SSSR count). The fourth-order valence-electron chi connectivity index (χ4n) is 4.31. The number of hydrogen-bond acceptors (Lipinski definition) is 6. The van der Waals surface area contributed by atoms with Gasteiger partial charge in [-0.15, -0.1) is 0 Å². The number of ketones is 1. The second kappa shape index (κ2) is 10.6. The van der Waals surface area contributed by atoms with Crippen LogP contribution in [0.25, 0.3) is 11.5 Å². The standard InChI is InChI=1S/C27H28ClF3N2O5/c1-26(2,3)27(30,31)21-13-20(32-37-21)25-23(14-4-5-14)24(33-38-25)16(7-9-22(35)36)11-18(34)10-15-6-8-17(29)12-19(15)28/h6,8,12-14,16H,4-5,7,9-11H2,1-3H3,(H,35,36). The van der Waals surface area contributed by atoms with E-state index in [0.29, 0.717) is 16.8 Å². The van der Waals surface area contributed by atoms with Crippen LogP contribution >= 0.6 is 11.6 Å². The quantitative estimate of drug-likeness (QED) is 0.266. The van der Waals surface area contributed by atoms with Crippen LogP contribution in [0.5, 0.6) is 0 Å². The number of rotatable bonds is 11. The van der Waals surface area contributed by atoms with Crippen LogP contribution < -0.4 is 0 Å². The van der Waals surface area contributed by atoms with Crippen LogP contribution in [0.15, 0.2) is 33.3 Å². The van der Waals surface area contributed by atoms with Crippen molar-refractivity contribution in [2.24, 2.45) is 5.41 Å². The van der Waals surface area contributed by atoms with Crippen molar-refractivity contribution in [2.75, 3.05) is 0 Å². The van der Waals surface area contributed by atoms with Crippen molar-refractivity contribution >= 4 is 23.4 Å². The summed E-state index contributed by atoms with van der Waals surface area (Å²) in [7, 11) is 0. The van der Waals surface area contributed by atoms with Gasteiger partial charge in [0.25, 0.3) is 0 Å². The maximum absolute atomic E-state index is 14.8. The summed E-state index contributed by atoms with van der Waals surface area (Å²) in [5.74, 6) is -6.10. The molecule has 2 aromatic heterocycles. The van der Waals surface area contributed by atoms with Crippen LogP contribution in [0.2, 0.25) is 5.02 Å². The number of carbonyl (C=O) groups excluding carboxylic acids is 1. The second-order valence-electron chi connectivity index (χ2n) is 10.8. The molecule has 0 amide bonds. The lowest BCUT2D eigenvalue weighted by atomic mass is 9.86. The molecular weight excluding hydrogens is 525 g/mol. The van der Waals surface area contributed by atoms with E-state index in [2.05, 4.69) is 10.3 Å². The Bertz CT molecular complexity index is 1340. The maximum Gasteiger partial charge on any atom is 0.312 e. The zero-order chi connectivity index (χ0) is 27.8. The monoisotopic (exact) mass is 552 g/mol. The van der Waals surface area contributed by atoms with Gasteiger partial charge in [0.05, 0.1) is 5.69 Å². The third-order valence-electron chi connectivity index (χ3n) is 6.71. The maximum atomic E-state index is 14.8. The van der Waals surface area contributed by atoms with E-state index >= 15 is 0 Å². The summed E-state index contributed by atoms with van der Waals surface area (Å²) in [5, 5.41) is 17.4. The highest BCUT2D eigenvalue weighted by molar-refractivity contribution is 6.31. The van der Waals surface area contributed by atoms with Crippen LogP contribution in [-0.4, -0.2) is 27.2 Å². The van der Waals surface area contributed by atoms with Gasteiger partial charge in [-0.1, -0.05) is 48.8 Å². The van der Waals surface area contributed by atoms with Crippen molar-refractivity contribution in [1.82, 2.24) is 10.3 Å². The first-order valence-electron chi connectivity index (χ1n) is 12.3. The first-order valence-corrected chi connectivity index (χ1v) is 12.7. The predicted octanol–water partition coefficient (Wildman–Crippen LogP) is 7.29. The highest BCUT2D eigenvalue weighted by Crippen LogP contribution is 2.50. The van der Waals surface area contributed by atoms with Gasteiger partial charge in [0, 0.05) is 47.2 Å². The van der Waals surface area contributed by atoms with Crippen LogP contribution in [-0.2, 0) is 21.9 Å². The van der Waals surface area contributed by atoms with E-state index in [1.807, 2.05) is 0 Å². The molecule has 1 aliphatic carbocycles. The number of aliphatic carboxylic acids is 1. The number of alkyl halides is 2. The Morgan fingerprint density at radius 3 is 2.47 bits per heavy atom. The summed E-state index contributed by atoms with van der Waals surface area (Å²) < 4.78 is 53.7. The highest BCUT2D eigenvalue weighted by Gasteiger charge is 2.49. The van der Waals surface area contributed by atoms with Gasteiger partial charge in [-0.25, -0.2) is 4.39 Å². The highest BCUT2D eigenvalue weighted by atomic mass is 35.5. The zero-order valence-electron chi connectivity index (χ0n) is 21.2.